The lowest BCUT2D eigenvalue weighted by atomic mass is 10.3. The van der Waals surface area contributed by atoms with Crippen LogP contribution in [0.2, 0.25) is 5.02 Å². The number of hydrogen-bond acceptors (Lipinski definition) is 9. The molecule has 0 aliphatic carbocycles. The van der Waals surface area contributed by atoms with Crippen LogP contribution in [0.1, 0.15) is 16.5 Å². The Morgan fingerprint density at radius 2 is 2.10 bits per heavy atom. The minimum Gasteiger partial charge on any atom is -0.484 e. The topological polar surface area (TPSA) is 167 Å². The van der Waals surface area contributed by atoms with Gasteiger partial charge in [0.1, 0.15) is 24.7 Å². The Morgan fingerprint density at radius 1 is 1.29 bits per heavy atom. The zero-order valence-electron chi connectivity index (χ0n) is 15.9. The largest absolute Gasteiger partial charge is 0.484 e. The van der Waals surface area contributed by atoms with E-state index in [-0.39, 0.29) is 49.6 Å². The highest BCUT2D eigenvalue weighted by Gasteiger charge is 2.16. The van der Waals surface area contributed by atoms with Crippen molar-refractivity contribution in [1.82, 2.24) is 30.6 Å². The Balaban J connectivity index is 1.36. The summed E-state index contributed by atoms with van der Waals surface area (Å²) >= 11 is 5.83. The zero-order chi connectivity index (χ0) is 22.2. The van der Waals surface area contributed by atoms with E-state index >= 15 is 0 Å². The monoisotopic (exact) mass is 449 g/mol. The Labute approximate surface area is 179 Å². The Bertz CT molecular complexity index is 1080. The van der Waals surface area contributed by atoms with Gasteiger partial charge in [-0.3, -0.25) is 24.4 Å². The summed E-state index contributed by atoms with van der Waals surface area (Å²) in [6.45, 7) is 0.0619. The number of nitro groups is 1. The van der Waals surface area contributed by atoms with Crippen LogP contribution >= 0.6 is 11.6 Å². The lowest BCUT2D eigenvalue weighted by Crippen LogP contribution is -2.36. The van der Waals surface area contributed by atoms with Crippen molar-refractivity contribution in [3.8, 4) is 5.75 Å². The van der Waals surface area contributed by atoms with Crippen LogP contribution in [-0.2, 0) is 11.3 Å². The highest BCUT2D eigenvalue weighted by molar-refractivity contribution is 6.30. The first kappa shape index (κ1) is 21.7. The molecule has 0 saturated heterocycles. The van der Waals surface area contributed by atoms with Crippen LogP contribution in [0.5, 0.6) is 5.75 Å². The number of amides is 2. The molecule has 13 nitrogen and oxygen atoms in total. The van der Waals surface area contributed by atoms with Gasteiger partial charge in [0, 0.05) is 18.1 Å². The molecule has 14 heteroatoms. The first-order valence-corrected chi connectivity index (χ1v) is 9.21. The van der Waals surface area contributed by atoms with Gasteiger partial charge in [-0.2, -0.15) is 10.1 Å². The number of rotatable bonds is 10. The van der Waals surface area contributed by atoms with Gasteiger partial charge in [0.05, 0.1) is 4.92 Å². The van der Waals surface area contributed by atoms with Crippen molar-refractivity contribution in [2.45, 2.75) is 6.54 Å². The molecule has 0 unspecified atom stereocenters. The molecule has 2 amide bonds. The average Bonchev–Trinajstić information content (AvgIpc) is 3.40. The normalized spacial score (nSPS) is 10.5. The summed E-state index contributed by atoms with van der Waals surface area (Å²) < 4.78 is 11.4. The smallest absolute Gasteiger partial charge is 0.316 e. The Morgan fingerprint density at radius 3 is 2.84 bits per heavy atom. The van der Waals surface area contributed by atoms with Crippen molar-refractivity contribution in [3.63, 3.8) is 0 Å². The maximum absolute atomic E-state index is 12.0. The molecule has 3 aromatic rings. The summed E-state index contributed by atoms with van der Waals surface area (Å²) in [5.41, 5.74) is -0.179. The van der Waals surface area contributed by atoms with E-state index < -0.39 is 10.8 Å². The van der Waals surface area contributed by atoms with Crippen LogP contribution in [-0.4, -0.2) is 56.4 Å². The summed E-state index contributed by atoms with van der Waals surface area (Å²) in [6.07, 6.45) is 2.29. The third-order valence-electron chi connectivity index (χ3n) is 3.69. The summed E-state index contributed by atoms with van der Waals surface area (Å²) in [6, 6.07) is 6.65. The molecule has 0 aliphatic heterocycles. The second-order valence-corrected chi connectivity index (χ2v) is 6.46. The number of carbonyl (C=O) groups excluding carboxylic acids is 2. The second-order valence-electron chi connectivity index (χ2n) is 6.02. The fraction of sp³-hybridized carbons (Fsp3) is 0.235. The van der Waals surface area contributed by atoms with Crippen LogP contribution in [0, 0.1) is 10.1 Å². The van der Waals surface area contributed by atoms with Crippen molar-refractivity contribution in [3.05, 3.63) is 63.5 Å². The van der Waals surface area contributed by atoms with Crippen molar-refractivity contribution in [2.24, 2.45) is 0 Å². The van der Waals surface area contributed by atoms with Gasteiger partial charge in [-0.25, -0.2) is 0 Å². The lowest BCUT2D eigenvalue weighted by Gasteiger charge is -2.08. The summed E-state index contributed by atoms with van der Waals surface area (Å²) in [7, 11) is 0. The van der Waals surface area contributed by atoms with Crippen LogP contribution in [0.3, 0.4) is 0 Å². The predicted molar refractivity (Wildman–Crippen MR) is 105 cm³/mol. The number of ether oxygens (including phenoxy) is 1. The summed E-state index contributed by atoms with van der Waals surface area (Å²) in [5, 5.41) is 23.7. The number of hydrogen-bond donors (Lipinski definition) is 2. The van der Waals surface area contributed by atoms with Gasteiger partial charge >= 0.3 is 17.5 Å². The average molecular weight is 450 g/mol. The third kappa shape index (κ3) is 6.50. The molecule has 0 aliphatic rings. The molecule has 0 fully saturated rings. The minimum atomic E-state index is -0.630. The maximum atomic E-state index is 12.0. The quantitative estimate of drug-likeness (QED) is 0.258. The van der Waals surface area contributed by atoms with Crippen LogP contribution in [0.15, 0.2) is 41.2 Å². The molecule has 0 saturated carbocycles. The van der Waals surface area contributed by atoms with Gasteiger partial charge < -0.3 is 19.9 Å². The van der Waals surface area contributed by atoms with E-state index in [0.29, 0.717) is 10.8 Å². The first-order chi connectivity index (χ1) is 14.9. The number of benzene rings is 1. The van der Waals surface area contributed by atoms with Gasteiger partial charge in [0.2, 0.25) is 0 Å². The zero-order valence-corrected chi connectivity index (χ0v) is 16.6. The first-order valence-electron chi connectivity index (χ1n) is 8.83. The van der Waals surface area contributed by atoms with E-state index in [1.54, 1.807) is 24.3 Å². The van der Waals surface area contributed by atoms with Crippen LogP contribution < -0.4 is 15.4 Å². The van der Waals surface area contributed by atoms with Crippen molar-refractivity contribution >= 4 is 29.1 Å². The van der Waals surface area contributed by atoms with Gasteiger partial charge in [0.15, 0.2) is 12.4 Å². The van der Waals surface area contributed by atoms with E-state index in [9.17, 15) is 19.7 Å². The second kappa shape index (κ2) is 10.2. The third-order valence-corrected chi connectivity index (χ3v) is 3.93. The molecular weight excluding hydrogens is 434 g/mol. The van der Waals surface area contributed by atoms with Crippen molar-refractivity contribution in [1.29, 1.82) is 0 Å². The molecule has 0 radical (unpaired) electrons. The minimum absolute atomic E-state index is 0.00664. The highest BCUT2D eigenvalue weighted by Crippen LogP contribution is 2.16. The van der Waals surface area contributed by atoms with E-state index in [1.165, 1.54) is 10.9 Å². The van der Waals surface area contributed by atoms with E-state index in [2.05, 4.69) is 25.9 Å². The number of nitrogens with zero attached hydrogens (tertiary/aromatic N) is 5. The van der Waals surface area contributed by atoms with E-state index in [1.807, 2.05) is 0 Å². The van der Waals surface area contributed by atoms with E-state index in [4.69, 9.17) is 20.9 Å². The SMILES string of the molecule is O=C(COc1cccc(Cl)c1)NCCNC(=O)c1nc(Cn2cc([N+](=O)[O-])cn2)no1. The molecule has 3 rings (SSSR count). The fourth-order valence-electron chi connectivity index (χ4n) is 2.30. The lowest BCUT2D eigenvalue weighted by molar-refractivity contribution is -0.385. The van der Waals surface area contributed by atoms with Gasteiger partial charge in [-0.15, -0.1) is 0 Å². The number of halogens is 1. The van der Waals surface area contributed by atoms with Crippen LogP contribution in [0.25, 0.3) is 0 Å². The van der Waals surface area contributed by atoms with E-state index in [0.717, 1.165) is 6.20 Å². The molecule has 0 atom stereocenters. The van der Waals surface area contributed by atoms with Gasteiger partial charge in [0.25, 0.3) is 5.91 Å². The molecule has 2 aromatic heterocycles. The number of aromatic nitrogens is 4. The molecule has 31 heavy (non-hydrogen) atoms. The number of carbonyl (C=O) groups is 2. The van der Waals surface area contributed by atoms with Crippen molar-refractivity contribution < 1.29 is 23.8 Å². The predicted octanol–water partition coefficient (Wildman–Crippen LogP) is 0.801. The van der Waals surface area contributed by atoms with Gasteiger partial charge in [-0.05, 0) is 18.2 Å². The Kier molecular flexibility index (Phi) is 7.11. The maximum Gasteiger partial charge on any atom is 0.316 e. The summed E-state index contributed by atoms with van der Waals surface area (Å²) in [4.78, 5) is 37.8. The standard InChI is InChI=1S/C17H16ClN7O6/c18-11-2-1-3-13(6-11)30-10-15(26)19-4-5-20-16(27)17-22-14(23-31-17)9-24-8-12(7-21-24)25(28)29/h1-3,6-8H,4-5,9-10H2,(H,19,26)(H,20,27). The molecule has 1 aromatic carbocycles. The van der Waals surface area contributed by atoms with Gasteiger partial charge in [-0.1, -0.05) is 22.8 Å². The highest BCUT2D eigenvalue weighted by atomic mass is 35.5. The molecule has 0 spiro atoms. The Hall–Kier alpha value is -4.00. The van der Waals surface area contributed by atoms with Crippen LogP contribution in [0.4, 0.5) is 5.69 Å². The number of nitrogens with one attached hydrogen (secondary N) is 2. The molecular formula is C17H16ClN7O6. The molecule has 2 heterocycles. The molecule has 0 bridgehead atoms. The molecule has 162 valence electrons. The summed E-state index contributed by atoms with van der Waals surface area (Å²) in [5.74, 6) is -0.702. The van der Waals surface area contributed by atoms with Crippen molar-refractivity contribution in [2.75, 3.05) is 19.7 Å². The fourth-order valence-corrected chi connectivity index (χ4v) is 2.48. The molecule has 2 N–H and O–H groups in total.